The number of ether oxygens (including phenoxy) is 2. The number of aromatic nitrogens is 2. The number of carbonyl (C=O) groups is 4. The zero-order valence-corrected chi connectivity index (χ0v) is 39.2. The summed E-state index contributed by atoms with van der Waals surface area (Å²) in [5.74, 6) is 1.11. The van der Waals surface area contributed by atoms with Gasteiger partial charge in [-0.2, -0.15) is 0 Å². The molecule has 0 fully saturated rings. The molecule has 12 heteroatoms. The van der Waals surface area contributed by atoms with Gasteiger partial charge in [0.25, 0.3) is 11.8 Å². The van der Waals surface area contributed by atoms with Crippen molar-refractivity contribution in [3.63, 3.8) is 0 Å². The van der Waals surface area contributed by atoms with E-state index in [2.05, 4.69) is 67.6 Å². The fourth-order valence-corrected chi connectivity index (χ4v) is 8.33. The number of fused-ring (bicyclic) bond motifs is 4. The largest absolute Gasteiger partial charge is 0.492 e. The van der Waals surface area contributed by atoms with Gasteiger partial charge >= 0.3 is 0 Å². The van der Waals surface area contributed by atoms with E-state index in [0.717, 1.165) is 60.2 Å². The molecule has 0 aliphatic heterocycles. The first-order valence-electron chi connectivity index (χ1n) is 23.3. The smallest absolute Gasteiger partial charge is 0.256 e. The molecule has 0 unspecified atom stereocenters. The molecular formula is C58H52N6O6. The first-order valence-corrected chi connectivity index (χ1v) is 23.3. The Kier molecular flexibility index (Phi) is 13.7. The van der Waals surface area contributed by atoms with Gasteiger partial charge in [0.2, 0.25) is 11.8 Å². The average Bonchev–Trinajstić information content (AvgIpc) is 3.35. The molecule has 0 spiro atoms. The van der Waals surface area contributed by atoms with Crippen LogP contribution in [0.4, 0.5) is 23.3 Å². The number of carbonyl (C=O) groups excluding carboxylic acids is 4. The molecule has 4 N–H and O–H groups in total. The summed E-state index contributed by atoms with van der Waals surface area (Å²) in [5.41, 5.74) is 0.805. The van der Waals surface area contributed by atoms with Crippen LogP contribution in [0.5, 0.6) is 11.5 Å². The number of benzene rings is 7. The molecule has 12 nitrogen and oxygen atoms in total. The molecule has 0 aliphatic carbocycles. The molecule has 9 aromatic rings. The van der Waals surface area contributed by atoms with Crippen molar-refractivity contribution < 1.29 is 28.7 Å². The Labute approximate surface area is 405 Å². The van der Waals surface area contributed by atoms with Crippen LogP contribution in [0.1, 0.15) is 72.7 Å². The molecule has 0 aliphatic rings. The second kappa shape index (κ2) is 20.7. The summed E-state index contributed by atoms with van der Waals surface area (Å²) in [6.45, 7) is 6.65. The summed E-state index contributed by atoms with van der Waals surface area (Å²) in [4.78, 5) is 62.6. The molecule has 0 saturated heterocycles. The topological polar surface area (TPSA) is 161 Å². The number of hydrogen-bond acceptors (Lipinski definition) is 8. The second-order valence-electron chi connectivity index (χ2n) is 18.1. The lowest BCUT2D eigenvalue weighted by Crippen LogP contribution is -2.20. The van der Waals surface area contributed by atoms with Crippen molar-refractivity contribution in [2.45, 2.75) is 51.9 Å². The minimum atomic E-state index is -0.493. The average molecular weight is 929 g/mol. The molecule has 0 saturated carbocycles. The van der Waals surface area contributed by atoms with Gasteiger partial charge in [-0.15, -0.1) is 0 Å². The maximum Gasteiger partial charge on any atom is 0.256 e. The van der Waals surface area contributed by atoms with E-state index in [9.17, 15) is 19.2 Å². The van der Waals surface area contributed by atoms with Crippen LogP contribution in [0.15, 0.2) is 164 Å². The molecule has 2 heterocycles. The van der Waals surface area contributed by atoms with E-state index < -0.39 is 17.2 Å². The third-order valence-electron chi connectivity index (χ3n) is 11.9. The van der Waals surface area contributed by atoms with E-state index in [-0.39, 0.29) is 59.1 Å². The molecule has 350 valence electrons. The van der Waals surface area contributed by atoms with Gasteiger partial charge in [0.05, 0.1) is 13.2 Å². The first kappa shape index (κ1) is 46.5. The van der Waals surface area contributed by atoms with Gasteiger partial charge < -0.3 is 30.7 Å². The summed E-state index contributed by atoms with van der Waals surface area (Å²) in [6, 6.07) is 51.5. The highest BCUT2D eigenvalue weighted by Crippen LogP contribution is 2.36. The van der Waals surface area contributed by atoms with E-state index >= 15 is 0 Å². The van der Waals surface area contributed by atoms with Gasteiger partial charge in [-0.3, -0.25) is 19.2 Å². The van der Waals surface area contributed by atoms with Crippen molar-refractivity contribution in [3.05, 3.63) is 180 Å². The number of hydrogen-bond donors (Lipinski definition) is 4. The van der Waals surface area contributed by atoms with Crippen molar-refractivity contribution in [2.75, 3.05) is 34.5 Å². The Bertz CT molecular complexity index is 3110. The highest BCUT2D eigenvalue weighted by molar-refractivity contribution is 6.09. The molecule has 70 heavy (non-hydrogen) atoms. The summed E-state index contributed by atoms with van der Waals surface area (Å²) in [7, 11) is 0. The van der Waals surface area contributed by atoms with Gasteiger partial charge in [0.1, 0.15) is 34.8 Å². The molecule has 7 aromatic carbocycles. The van der Waals surface area contributed by atoms with Crippen LogP contribution in [-0.2, 0) is 15.0 Å². The van der Waals surface area contributed by atoms with Crippen LogP contribution < -0.4 is 30.7 Å². The Balaban J connectivity index is 0.785. The van der Waals surface area contributed by atoms with Crippen molar-refractivity contribution >= 4 is 90.0 Å². The summed E-state index contributed by atoms with van der Waals surface area (Å²) < 4.78 is 12.6. The highest BCUT2D eigenvalue weighted by atomic mass is 16.5. The standard InChI is InChI=1S/C58H52N6O6/c1-58(2,3)43-35-41(56(67)63-50-26-12-24-48(59-50)61-52(65)28-14-30-69-54-44-20-8-4-16-37(44)32-38-17-5-9-21-45(38)54)34-42(36-43)57(68)64-51-27-13-25-49(60-51)62-53(66)29-15-31-70-55-46-22-10-6-18-39(46)33-40-19-7-11-23-47(40)55/h4-13,16-27,32-36H,14-15,28-31H2,1-3H3,(H2,59,61,63,65,67)(H2,60,62,64,66,68). The summed E-state index contributed by atoms with van der Waals surface area (Å²) in [5, 5.41) is 19.7. The Morgan fingerprint density at radius 3 is 1.13 bits per heavy atom. The predicted octanol–water partition coefficient (Wildman–Crippen LogP) is 12.5. The summed E-state index contributed by atoms with van der Waals surface area (Å²) in [6.07, 6.45) is 1.34. The lowest BCUT2D eigenvalue weighted by atomic mass is 9.85. The lowest BCUT2D eigenvalue weighted by molar-refractivity contribution is -0.117. The molecule has 0 atom stereocenters. The van der Waals surface area contributed by atoms with Crippen molar-refractivity contribution in [3.8, 4) is 11.5 Å². The monoisotopic (exact) mass is 928 g/mol. The number of amides is 4. The first-order chi connectivity index (χ1) is 33.9. The van der Waals surface area contributed by atoms with Crippen LogP contribution >= 0.6 is 0 Å². The Morgan fingerprint density at radius 2 is 0.771 bits per heavy atom. The number of nitrogens with zero attached hydrogens (tertiary/aromatic N) is 2. The normalized spacial score (nSPS) is 11.4. The molecule has 0 bridgehead atoms. The van der Waals surface area contributed by atoms with E-state index in [0.29, 0.717) is 26.1 Å². The number of anilines is 4. The third kappa shape index (κ3) is 11.0. The molecular weight excluding hydrogens is 877 g/mol. The van der Waals surface area contributed by atoms with Gasteiger partial charge in [-0.05, 0) is 100.0 Å². The Hall–Kier alpha value is -8.64. The quantitative estimate of drug-likeness (QED) is 0.0550. The van der Waals surface area contributed by atoms with Crippen molar-refractivity contribution in [1.29, 1.82) is 0 Å². The van der Waals surface area contributed by atoms with Crippen LogP contribution in [-0.4, -0.2) is 46.8 Å². The zero-order valence-electron chi connectivity index (χ0n) is 39.2. The third-order valence-corrected chi connectivity index (χ3v) is 11.9. The SMILES string of the molecule is CC(C)(C)c1cc(C(=O)Nc2cccc(NC(=O)CCCOc3c4ccccc4cc4ccccc34)n2)cc(C(=O)Nc2cccc(NC(=O)CCCOc3c4ccccc4cc4ccccc34)n2)c1. The van der Waals surface area contributed by atoms with Crippen LogP contribution in [0.3, 0.4) is 0 Å². The van der Waals surface area contributed by atoms with Gasteiger partial charge in [0.15, 0.2) is 0 Å². The van der Waals surface area contributed by atoms with E-state index in [1.54, 1.807) is 48.5 Å². The lowest BCUT2D eigenvalue weighted by Gasteiger charge is -2.21. The second-order valence-corrected chi connectivity index (χ2v) is 18.1. The maximum absolute atomic E-state index is 13.8. The fraction of sp³-hybridized carbons (Fsp3) is 0.172. The minimum Gasteiger partial charge on any atom is -0.492 e. The Morgan fingerprint density at radius 1 is 0.429 bits per heavy atom. The van der Waals surface area contributed by atoms with E-state index in [1.807, 2.05) is 93.6 Å². The fourth-order valence-electron chi connectivity index (χ4n) is 8.33. The molecule has 2 aromatic heterocycles. The van der Waals surface area contributed by atoms with E-state index in [4.69, 9.17) is 9.47 Å². The van der Waals surface area contributed by atoms with Crippen molar-refractivity contribution in [2.24, 2.45) is 0 Å². The van der Waals surface area contributed by atoms with Gasteiger partial charge in [0, 0.05) is 45.5 Å². The molecule has 4 amide bonds. The predicted molar refractivity (Wildman–Crippen MR) is 279 cm³/mol. The van der Waals surface area contributed by atoms with Crippen LogP contribution in [0, 0.1) is 0 Å². The summed E-state index contributed by atoms with van der Waals surface area (Å²) >= 11 is 0. The number of pyridine rings is 2. The highest BCUT2D eigenvalue weighted by Gasteiger charge is 2.21. The number of nitrogens with one attached hydrogen (secondary N) is 4. The minimum absolute atomic E-state index is 0.196. The van der Waals surface area contributed by atoms with Gasteiger partial charge in [-0.1, -0.05) is 130 Å². The van der Waals surface area contributed by atoms with Crippen molar-refractivity contribution in [1.82, 2.24) is 9.97 Å². The maximum atomic E-state index is 13.8. The van der Waals surface area contributed by atoms with Crippen LogP contribution in [0.2, 0.25) is 0 Å². The molecule has 9 rings (SSSR count). The van der Waals surface area contributed by atoms with Gasteiger partial charge in [-0.25, -0.2) is 9.97 Å². The van der Waals surface area contributed by atoms with Crippen LogP contribution in [0.25, 0.3) is 43.1 Å². The number of rotatable bonds is 16. The van der Waals surface area contributed by atoms with E-state index in [1.165, 1.54) is 6.07 Å². The zero-order chi connectivity index (χ0) is 48.6. The molecule has 0 radical (unpaired) electrons.